The van der Waals surface area contributed by atoms with Crippen molar-refractivity contribution in [1.29, 1.82) is 0 Å². The lowest BCUT2D eigenvalue weighted by Crippen LogP contribution is -2.21. The molecule has 5 nitrogen and oxygen atoms in total. The molecule has 1 N–H and O–H groups in total. The van der Waals surface area contributed by atoms with E-state index in [1.54, 1.807) is 6.92 Å². The van der Waals surface area contributed by atoms with E-state index in [2.05, 4.69) is 9.97 Å². The van der Waals surface area contributed by atoms with Gasteiger partial charge in [0.2, 0.25) is 0 Å². The Morgan fingerprint density at radius 2 is 2.17 bits per heavy atom. The van der Waals surface area contributed by atoms with Crippen molar-refractivity contribution in [3.05, 3.63) is 21.6 Å². The number of esters is 1. The van der Waals surface area contributed by atoms with E-state index in [9.17, 15) is 9.59 Å². The molecular formula is C12H18N2O3S. The number of hydrogen-bond donors (Lipinski definition) is 1. The highest BCUT2D eigenvalue weighted by Gasteiger charge is 2.20. The average molecular weight is 270 g/mol. The molecule has 0 aliphatic carbocycles. The highest BCUT2D eigenvalue weighted by atomic mass is 32.2. The van der Waals surface area contributed by atoms with Gasteiger partial charge in [0.15, 0.2) is 5.16 Å². The maximum Gasteiger partial charge on any atom is 0.319 e. The molecule has 0 radical (unpaired) electrons. The number of aromatic amines is 1. The SMILES string of the molecule is CCc1c(C)nc(S[C@H](CC)C(=O)OC)[nH]c1=O. The molecule has 1 atom stereocenters. The Morgan fingerprint density at radius 3 is 2.61 bits per heavy atom. The number of H-pyrrole nitrogens is 1. The van der Waals surface area contributed by atoms with Crippen LogP contribution < -0.4 is 5.56 Å². The van der Waals surface area contributed by atoms with E-state index >= 15 is 0 Å². The number of aryl methyl sites for hydroxylation is 1. The Morgan fingerprint density at radius 1 is 1.50 bits per heavy atom. The Bertz CT molecular complexity index is 485. The Kier molecular flexibility index (Phi) is 5.40. The summed E-state index contributed by atoms with van der Waals surface area (Å²) < 4.78 is 4.70. The topological polar surface area (TPSA) is 72.0 Å². The van der Waals surface area contributed by atoms with Gasteiger partial charge in [-0.2, -0.15) is 0 Å². The van der Waals surface area contributed by atoms with Crippen LogP contribution in [0.1, 0.15) is 31.5 Å². The predicted octanol–water partition coefficient (Wildman–Crippen LogP) is 1.68. The van der Waals surface area contributed by atoms with Crippen molar-refractivity contribution in [2.75, 3.05) is 7.11 Å². The van der Waals surface area contributed by atoms with Gasteiger partial charge in [-0.3, -0.25) is 9.59 Å². The van der Waals surface area contributed by atoms with Gasteiger partial charge in [-0.15, -0.1) is 0 Å². The summed E-state index contributed by atoms with van der Waals surface area (Å²) in [5.74, 6) is -0.303. The molecule has 0 saturated carbocycles. The second-order valence-corrected chi connectivity index (χ2v) is 5.02. The van der Waals surface area contributed by atoms with Crippen LogP contribution in [0.5, 0.6) is 0 Å². The van der Waals surface area contributed by atoms with Crippen molar-refractivity contribution in [3.63, 3.8) is 0 Å². The molecule has 18 heavy (non-hydrogen) atoms. The van der Waals surface area contributed by atoms with Crippen LogP contribution in [0.3, 0.4) is 0 Å². The zero-order valence-electron chi connectivity index (χ0n) is 11.1. The summed E-state index contributed by atoms with van der Waals surface area (Å²) in [7, 11) is 1.35. The van der Waals surface area contributed by atoms with E-state index in [1.165, 1.54) is 18.9 Å². The first-order valence-electron chi connectivity index (χ1n) is 5.87. The minimum absolute atomic E-state index is 0.132. The zero-order chi connectivity index (χ0) is 13.7. The van der Waals surface area contributed by atoms with Crippen LogP contribution in [-0.4, -0.2) is 28.3 Å². The molecule has 1 aromatic heterocycles. The first kappa shape index (κ1) is 14.8. The van der Waals surface area contributed by atoms with Crippen molar-refractivity contribution in [2.24, 2.45) is 0 Å². The van der Waals surface area contributed by atoms with Gasteiger partial charge in [0.25, 0.3) is 5.56 Å². The minimum atomic E-state index is -0.343. The van der Waals surface area contributed by atoms with Crippen LogP contribution in [0.15, 0.2) is 9.95 Å². The van der Waals surface area contributed by atoms with Crippen LogP contribution in [-0.2, 0) is 16.0 Å². The van der Waals surface area contributed by atoms with Gasteiger partial charge >= 0.3 is 5.97 Å². The number of aromatic nitrogens is 2. The molecule has 100 valence electrons. The van der Waals surface area contributed by atoms with Crippen LogP contribution in [0.2, 0.25) is 0 Å². The van der Waals surface area contributed by atoms with Gasteiger partial charge in [-0.25, -0.2) is 4.98 Å². The number of nitrogens with one attached hydrogen (secondary N) is 1. The molecular weight excluding hydrogens is 252 g/mol. The molecule has 0 aliphatic heterocycles. The van der Waals surface area contributed by atoms with Crippen molar-refractivity contribution >= 4 is 17.7 Å². The summed E-state index contributed by atoms with van der Waals surface area (Å²) in [6.07, 6.45) is 1.27. The lowest BCUT2D eigenvalue weighted by Gasteiger charge is -2.11. The Balaban J connectivity index is 2.98. The smallest absolute Gasteiger partial charge is 0.319 e. The molecule has 0 bridgehead atoms. The number of thioether (sulfide) groups is 1. The molecule has 1 heterocycles. The van der Waals surface area contributed by atoms with Crippen LogP contribution in [0.25, 0.3) is 0 Å². The van der Waals surface area contributed by atoms with Gasteiger partial charge in [-0.05, 0) is 19.8 Å². The predicted molar refractivity (Wildman–Crippen MR) is 70.9 cm³/mol. The monoisotopic (exact) mass is 270 g/mol. The summed E-state index contributed by atoms with van der Waals surface area (Å²) in [4.78, 5) is 30.3. The van der Waals surface area contributed by atoms with Gasteiger partial charge in [0, 0.05) is 11.3 Å². The fourth-order valence-corrected chi connectivity index (χ4v) is 2.59. The molecule has 0 aromatic carbocycles. The highest BCUT2D eigenvalue weighted by Crippen LogP contribution is 2.22. The standard InChI is InChI=1S/C12H18N2O3S/c1-5-8-7(3)13-12(14-10(8)15)18-9(6-2)11(16)17-4/h9H,5-6H2,1-4H3,(H,13,14,15)/t9-/m1/s1. The summed E-state index contributed by atoms with van der Waals surface area (Å²) in [6, 6.07) is 0. The van der Waals surface area contributed by atoms with E-state index in [4.69, 9.17) is 4.74 Å². The first-order valence-corrected chi connectivity index (χ1v) is 6.75. The summed E-state index contributed by atoms with van der Waals surface area (Å²) >= 11 is 1.23. The maximum atomic E-state index is 11.8. The normalized spacial score (nSPS) is 12.2. The first-order chi connectivity index (χ1) is 8.53. The second-order valence-electron chi connectivity index (χ2n) is 3.83. The van der Waals surface area contributed by atoms with Crippen molar-refractivity contribution in [2.45, 2.75) is 44.0 Å². The molecule has 0 aliphatic rings. The quantitative estimate of drug-likeness (QED) is 0.501. The number of hydrogen-bond acceptors (Lipinski definition) is 5. The molecule has 6 heteroatoms. The third-order valence-electron chi connectivity index (χ3n) is 2.64. The average Bonchev–Trinajstić information content (AvgIpc) is 2.34. The van der Waals surface area contributed by atoms with Crippen molar-refractivity contribution < 1.29 is 9.53 Å². The van der Waals surface area contributed by atoms with E-state index in [1.807, 2.05) is 13.8 Å². The van der Waals surface area contributed by atoms with E-state index < -0.39 is 0 Å². The third-order valence-corrected chi connectivity index (χ3v) is 3.87. The number of ether oxygens (including phenoxy) is 1. The second kappa shape index (κ2) is 6.58. The summed E-state index contributed by atoms with van der Waals surface area (Å²) in [5, 5.41) is 0.122. The lowest BCUT2D eigenvalue weighted by atomic mass is 10.2. The van der Waals surface area contributed by atoms with Gasteiger partial charge < -0.3 is 9.72 Å². The fourth-order valence-electron chi connectivity index (χ4n) is 1.62. The molecule has 1 aromatic rings. The number of rotatable bonds is 5. The van der Waals surface area contributed by atoms with Gasteiger partial charge in [0.1, 0.15) is 5.25 Å². The van der Waals surface area contributed by atoms with Gasteiger partial charge in [-0.1, -0.05) is 25.6 Å². The highest BCUT2D eigenvalue weighted by molar-refractivity contribution is 8.00. The van der Waals surface area contributed by atoms with Gasteiger partial charge in [0.05, 0.1) is 7.11 Å². The number of carbonyl (C=O) groups is 1. The van der Waals surface area contributed by atoms with Crippen molar-refractivity contribution in [1.82, 2.24) is 9.97 Å². The maximum absolute atomic E-state index is 11.8. The molecule has 0 saturated heterocycles. The third kappa shape index (κ3) is 3.35. The Hall–Kier alpha value is -1.30. The summed E-state index contributed by atoms with van der Waals surface area (Å²) in [5.41, 5.74) is 1.26. The zero-order valence-corrected chi connectivity index (χ0v) is 11.9. The van der Waals surface area contributed by atoms with Crippen LogP contribution in [0.4, 0.5) is 0 Å². The molecule has 0 amide bonds. The fraction of sp³-hybridized carbons (Fsp3) is 0.583. The Labute approximate surface area is 110 Å². The largest absolute Gasteiger partial charge is 0.468 e. The van der Waals surface area contributed by atoms with E-state index in [0.717, 1.165) is 0 Å². The van der Waals surface area contributed by atoms with E-state index in [0.29, 0.717) is 29.3 Å². The number of carbonyl (C=O) groups excluding carboxylic acids is 1. The molecule has 0 spiro atoms. The van der Waals surface area contributed by atoms with E-state index in [-0.39, 0.29) is 16.8 Å². The van der Waals surface area contributed by atoms with Crippen molar-refractivity contribution in [3.8, 4) is 0 Å². The molecule has 0 fully saturated rings. The summed E-state index contributed by atoms with van der Waals surface area (Å²) in [6.45, 7) is 5.60. The van der Waals surface area contributed by atoms with Crippen LogP contribution in [0, 0.1) is 6.92 Å². The molecule has 0 unspecified atom stereocenters. The minimum Gasteiger partial charge on any atom is -0.468 e. The molecule has 1 rings (SSSR count). The van der Waals surface area contributed by atoms with Crippen LogP contribution >= 0.6 is 11.8 Å². The number of nitrogens with zero attached hydrogens (tertiary/aromatic N) is 1. The lowest BCUT2D eigenvalue weighted by molar-refractivity contribution is -0.140. The number of methoxy groups -OCH3 is 1.